The molecule has 1 fully saturated rings. The summed E-state index contributed by atoms with van der Waals surface area (Å²) in [5.74, 6) is -0.454. The molecule has 8 heteroatoms. The van der Waals surface area contributed by atoms with E-state index in [1.807, 2.05) is 0 Å². The summed E-state index contributed by atoms with van der Waals surface area (Å²) in [6.45, 7) is 1.29. The van der Waals surface area contributed by atoms with Crippen molar-refractivity contribution in [2.45, 2.75) is 48.4 Å². The van der Waals surface area contributed by atoms with Crippen LogP contribution >= 0.6 is 11.8 Å². The molecule has 112 valence electrons. The lowest BCUT2D eigenvalue weighted by atomic mass is 10.0. The Kier molecular flexibility index (Phi) is 6.51. The second-order valence-electron chi connectivity index (χ2n) is 4.25. The van der Waals surface area contributed by atoms with Crippen molar-refractivity contribution in [2.24, 2.45) is 0 Å². The Morgan fingerprint density at radius 2 is 1.95 bits per heavy atom. The summed E-state index contributed by atoms with van der Waals surface area (Å²) in [7, 11) is 1.26. The van der Waals surface area contributed by atoms with E-state index in [-0.39, 0.29) is 0 Å². The maximum absolute atomic E-state index is 11.5. The molecular weight excluding hydrogens is 276 g/mol. The number of methoxy groups -OCH3 is 1. The number of ether oxygens (including phenoxy) is 2. The predicted molar refractivity (Wildman–Crippen MR) is 67.5 cm³/mol. The second-order valence-corrected chi connectivity index (χ2v) is 5.56. The minimum absolute atomic E-state index is 0.454. The van der Waals surface area contributed by atoms with Crippen molar-refractivity contribution in [2.75, 3.05) is 13.7 Å². The van der Waals surface area contributed by atoms with Crippen molar-refractivity contribution < 1.29 is 34.7 Å². The smallest absolute Gasteiger partial charge is 0.318 e. The lowest BCUT2D eigenvalue weighted by Crippen LogP contribution is -2.58. The van der Waals surface area contributed by atoms with Crippen LogP contribution in [0.15, 0.2) is 0 Å². The highest BCUT2D eigenvalue weighted by atomic mass is 32.2. The van der Waals surface area contributed by atoms with Gasteiger partial charge in [-0.2, -0.15) is 0 Å². The number of thioether (sulfide) groups is 1. The Bertz CT molecular complexity index is 299. The van der Waals surface area contributed by atoms with Crippen LogP contribution in [-0.2, 0) is 14.3 Å². The van der Waals surface area contributed by atoms with Gasteiger partial charge in [0.25, 0.3) is 0 Å². The molecule has 1 aliphatic rings. The highest BCUT2D eigenvalue weighted by molar-refractivity contribution is 8.01. The molecule has 0 aliphatic carbocycles. The molecule has 1 saturated heterocycles. The molecule has 0 aromatic carbocycles. The number of hydrogen-bond acceptors (Lipinski definition) is 8. The fourth-order valence-corrected chi connectivity index (χ4v) is 3.04. The third kappa shape index (κ3) is 3.80. The van der Waals surface area contributed by atoms with Crippen LogP contribution in [0, 0.1) is 0 Å². The van der Waals surface area contributed by atoms with E-state index >= 15 is 0 Å². The number of aliphatic hydroxyl groups excluding tert-OH is 4. The zero-order valence-corrected chi connectivity index (χ0v) is 11.6. The van der Waals surface area contributed by atoms with Gasteiger partial charge in [0.05, 0.1) is 13.7 Å². The van der Waals surface area contributed by atoms with Crippen LogP contribution in [0.3, 0.4) is 0 Å². The van der Waals surface area contributed by atoms with E-state index in [4.69, 9.17) is 9.84 Å². The highest BCUT2D eigenvalue weighted by Gasteiger charge is 2.44. The maximum atomic E-state index is 11.5. The van der Waals surface area contributed by atoms with Crippen molar-refractivity contribution in [1.29, 1.82) is 0 Å². The molecular formula is C11H20O7S. The van der Waals surface area contributed by atoms with E-state index in [0.29, 0.717) is 6.42 Å². The molecule has 0 aromatic heterocycles. The van der Waals surface area contributed by atoms with Gasteiger partial charge in [0, 0.05) is 0 Å². The van der Waals surface area contributed by atoms with Crippen molar-refractivity contribution in [3.05, 3.63) is 0 Å². The quantitative estimate of drug-likeness (QED) is 0.452. The van der Waals surface area contributed by atoms with E-state index in [2.05, 4.69) is 4.74 Å². The molecule has 2 unspecified atom stereocenters. The second kappa shape index (κ2) is 7.41. The highest BCUT2D eigenvalue weighted by Crippen LogP contribution is 2.32. The van der Waals surface area contributed by atoms with Crippen molar-refractivity contribution in [3.8, 4) is 0 Å². The van der Waals surface area contributed by atoms with Crippen LogP contribution in [0.4, 0.5) is 0 Å². The first-order valence-corrected chi connectivity index (χ1v) is 6.94. The fourth-order valence-electron chi connectivity index (χ4n) is 1.79. The van der Waals surface area contributed by atoms with Gasteiger partial charge >= 0.3 is 5.97 Å². The van der Waals surface area contributed by atoms with Crippen LogP contribution in [0.1, 0.15) is 13.3 Å². The molecule has 0 spiro atoms. The van der Waals surface area contributed by atoms with Gasteiger partial charge in [-0.05, 0) is 6.42 Å². The van der Waals surface area contributed by atoms with Crippen molar-refractivity contribution in [3.63, 3.8) is 0 Å². The molecule has 0 aromatic rings. The lowest BCUT2D eigenvalue weighted by molar-refractivity contribution is -0.205. The standard InChI is InChI=1S/C11H20O7S/c1-3-6(10(16)17-2)19-11-9(15)8(14)7(13)5(4-12)18-11/h5-9,11-15H,3-4H2,1-2H3/t5-,6?,7+,8+,9-,11?/m1/s1. The first-order chi connectivity index (χ1) is 8.96. The number of carbonyl (C=O) groups is 1. The Hall–Kier alpha value is -0.380. The normalized spacial score (nSPS) is 36.8. The van der Waals surface area contributed by atoms with E-state index in [1.165, 1.54) is 7.11 Å². The van der Waals surface area contributed by atoms with Crippen LogP contribution in [0.25, 0.3) is 0 Å². The lowest BCUT2D eigenvalue weighted by Gasteiger charge is -2.40. The first kappa shape index (κ1) is 16.7. The van der Waals surface area contributed by atoms with Gasteiger partial charge in [-0.25, -0.2) is 0 Å². The minimum atomic E-state index is -1.43. The molecule has 1 rings (SSSR count). The maximum Gasteiger partial charge on any atom is 0.318 e. The summed E-state index contributed by atoms with van der Waals surface area (Å²) < 4.78 is 9.93. The molecule has 19 heavy (non-hydrogen) atoms. The van der Waals surface area contributed by atoms with E-state index in [0.717, 1.165) is 11.8 Å². The van der Waals surface area contributed by atoms with Gasteiger partial charge in [0.15, 0.2) is 0 Å². The van der Waals surface area contributed by atoms with Gasteiger partial charge in [0.2, 0.25) is 0 Å². The Balaban J connectivity index is 2.73. The molecule has 0 radical (unpaired) electrons. The Labute approximate surface area is 115 Å². The summed E-state index contributed by atoms with van der Waals surface area (Å²) in [6, 6.07) is 0. The Morgan fingerprint density at radius 1 is 1.32 bits per heavy atom. The van der Waals surface area contributed by atoms with Crippen LogP contribution in [-0.4, -0.2) is 75.2 Å². The van der Waals surface area contributed by atoms with Gasteiger partial charge < -0.3 is 29.9 Å². The summed E-state index contributed by atoms with van der Waals surface area (Å²) >= 11 is 1.00. The molecule has 6 atom stereocenters. The van der Waals surface area contributed by atoms with Gasteiger partial charge in [-0.1, -0.05) is 6.92 Å². The van der Waals surface area contributed by atoms with Gasteiger partial charge in [-0.15, -0.1) is 11.8 Å². The van der Waals surface area contributed by atoms with Crippen LogP contribution in [0.5, 0.6) is 0 Å². The molecule has 0 bridgehead atoms. The number of esters is 1. The van der Waals surface area contributed by atoms with Crippen LogP contribution in [0.2, 0.25) is 0 Å². The molecule has 4 N–H and O–H groups in total. The van der Waals surface area contributed by atoms with Crippen molar-refractivity contribution in [1.82, 2.24) is 0 Å². The topological polar surface area (TPSA) is 116 Å². The molecule has 1 aliphatic heterocycles. The zero-order chi connectivity index (χ0) is 14.6. The van der Waals surface area contributed by atoms with Gasteiger partial charge in [0.1, 0.15) is 35.1 Å². The third-order valence-electron chi connectivity index (χ3n) is 2.98. The summed E-state index contributed by atoms with van der Waals surface area (Å²) in [5.41, 5.74) is -0.917. The first-order valence-electron chi connectivity index (χ1n) is 6.00. The average molecular weight is 296 g/mol. The number of carbonyl (C=O) groups excluding carboxylic acids is 1. The zero-order valence-electron chi connectivity index (χ0n) is 10.8. The summed E-state index contributed by atoms with van der Waals surface area (Å²) in [4.78, 5) is 11.5. The minimum Gasteiger partial charge on any atom is -0.468 e. The molecule has 1 heterocycles. The SMILES string of the molecule is CCC(SC1O[C@H](CO)[C@H](O)[C@H](O)[C@H]1O)C(=O)OC. The molecule has 0 saturated carbocycles. The fraction of sp³-hybridized carbons (Fsp3) is 0.909. The monoisotopic (exact) mass is 296 g/mol. The van der Waals surface area contributed by atoms with E-state index in [9.17, 15) is 20.1 Å². The number of aliphatic hydroxyl groups is 4. The molecule has 0 amide bonds. The van der Waals surface area contributed by atoms with Crippen molar-refractivity contribution >= 4 is 17.7 Å². The predicted octanol–water partition coefficient (Wildman–Crippen LogP) is -1.53. The number of hydrogen-bond donors (Lipinski definition) is 4. The van der Waals surface area contributed by atoms with Crippen LogP contribution < -0.4 is 0 Å². The molecule has 7 nitrogen and oxygen atoms in total. The van der Waals surface area contributed by atoms with E-state index < -0.39 is 47.7 Å². The largest absolute Gasteiger partial charge is 0.468 e. The average Bonchev–Trinajstić information content (AvgIpc) is 2.43. The summed E-state index contributed by atoms with van der Waals surface area (Å²) in [5, 5.41) is 37.6. The van der Waals surface area contributed by atoms with E-state index in [1.54, 1.807) is 6.92 Å². The summed E-state index contributed by atoms with van der Waals surface area (Å²) in [6.07, 6.45) is -4.67. The van der Waals surface area contributed by atoms with Gasteiger partial charge in [-0.3, -0.25) is 4.79 Å². The Morgan fingerprint density at radius 3 is 2.42 bits per heavy atom. The third-order valence-corrected chi connectivity index (χ3v) is 4.49. The number of rotatable bonds is 5.